The third-order valence-corrected chi connectivity index (χ3v) is 16.5. The SMILES string of the molecule is CC(c1ccnc(-n2c3ccccc3c3c(-n4c5ccccc5c5ccccc54)cc(Oc4cccc(-n5[c-][n+](-c6c(-c7ccccc7)cccc6-c6cc(C(C)(C)C)cc(C(C)(C)C)c6)c6ccccc65)c4)cc32)c1)C(C)(C)C. The number of hydrogen-bond donors (Lipinski definition) is 0. The molecule has 0 radical (unpaired) electrons. The fourth-order valence-corrected chi connectivity index (χ4v) is 11.8. The van der Waals surface area contributed by atoms with E-state index in [4.69, 9.17) is 9.72 Å². The maximum Gasteiger partial charge on any atom is 0.269 e. The van der Waals surface area contributed by atoms with E-state index in [0.717, 1.165) is 83.4 Å². The van der Waals surface area contributed by atoms with Crippen molar-refractivity contribution < 1.29 is 9.30 Å². The Hall–Kier alpha value is -9.00. The summed E-state index contributed by atoms with van der Waals surface area (Å²) in [5.74, 6) is 2.58. The molecule has 0 saturated heterocycles. The molecule has 0 N–H and O–H groups in total. The van der Waals surface area contributed by atoms with Crippen molar-refractivity contribution in [2.75, 3.05) is 0 Å². The molecule has 0 aliphatic heterocycles. The standard InChI is InChI=1S/C74H67N5O/c1-48(72(2,3)4)50-38-39-75-69(42-50)79-64-35-19-16-30-61(64)70-67(78-62-33-17-14-28-59(62)60-29-15-18-34-63(60)78)45-56(46-68(70)79)80-55-27-22-26-54(44-55)76-47-77(66-37-21-20-36-65(66)76)71-57(49-24-12-11-13-25-49)31-23-32-58(71)51-40-52(73(5,6)7)43-53(41-51)74(8,9)10/h11-46,48H,1-10H3. The van der Waals surface area contributed by atoms with E-state index in [1.165, 1.54) is 33.0 Å². The van der Waals surface area contributed by atoms with Crippen LogP contribution in [-0.4, -0.2) is 18.7 Å². The van der Waals surface area contributed by atoms with Gasteiger partial charge in [-0.25, -0.2) is 4.98 Å². The molecule has 0 amide bonds. The minimum atomic E-state index is -0.0553. The monoisotopic (exact) mass is 1040 g/mol. The first-order valence-electron chi connectivity index (χ1n) is 28.1. The number of rotatable bonds is 9. The number of para-hydroxylation sites is 6. The van der Waals surface area contributed by atoms with E-state index >= 15 is 0 Å². The van der Waals surface area contributed by atoms with E-state index in [1.54, 1.807) is 0 Å². The Labute approximate surface area is 469 Å². The van der Waals surface area contributed by atoms with Crippen molar-refractivity contribution in [1.29, 1.82) is 0 Å². The first-order chi connectivity index (χ1) is 38.5. The predicted molar refractivity (Wildman–Crippen MR) is 333 cm³/mol. The van der Waals surface area contributed by atoms with Gasteiger partial charge in [0, 0.05) is 39.9 Å². The molecule has 0 saturated carbocycles. The van der Waals surface area contributed by atoms with Crippen molar-refractivity contribution in [2.24, 2.45) is 5.41 Å². The third-order valence-electron chi connectivity index (χ3n) is 16.5. The van der Waals surface area contributed by atoms with Crippen molar-refractivity contribution in [1.82, 2.24) is 18.7 Å². The molecule has 1 atom stereocenters. The number of fused-ring (bicyclic) bond motifs is 7. The summed E-state index contributed by atoms with van der Waals surface area (Å²) in [4.78, 5) is 5.13. The van der Waals surface area contributed by atoms with Gasteiger partial charge >= 0.3 is 0 Å². The molecular weight excluding hydrogens is 975 g/mol. The average molecular weight is 1040 g/mol. The normalized spacial score (nSPS) is 12.8. The van der Waals surface area contributed by atoms with Crippen LogP contribution in [0.2, 0.25) is 0 Å². The highest BCUT2D eigenvalue weighted by Crippen LogP contribution is 2.45. The summed E-state index contributed by atoms with van der Waals surface area (Å²) < 4.78 is 16.5. The Kier molecular flexibility index (Phi) is 12.1. The molecule has 0 bridgehead atoms. The molecule has 4 aromatic heterocycles. The molecule has 4 heterocycles. The molecule has 80 heavy (non-hydrogen) atoms. The summed E-state index contributed by atoms with van der Waals surface area (Å²) in [6, 6.07) is 76.8. The lowest BCUT2D eigenvalue weighted by Crippen LogP contribution is -2.31. The topological polar surface area (TPSA) is 40.8 Å². The Morgan fingerprint density at radius 3 is 1.70 bits per heavy atom. The van der Waals surface area contributed by atoms with Crippen molar-refractivity contribution in [3.8, 4) is 56.6 Å². The van der Waals surface area contributed by atoms with Crippen LogP contribution >= 0.6 is 0 Å². The van der Waals surface area contributed by atoms with Crippen LogP contribution < -0.4 is 9.30 Å². The molecule has 1 unspecified atom stereocenters. The Morgan fingerprint density at radius 2 is 1.05 bits per heavy atom. The largest absolute Gasteiger partial charge is 0.458 e. The van der Waals surface area contributed by atoms with Gasteiger partial charge in [0.2, 0.25) is 0 Å². The summed E-state index contributed by atoms with van der Waals surface area (Å²) in [6.07, 6.45) is 5.90. The Bertz CT molecular complexity index is 4440. The van der Waals surface area contributed by atoms with Gasteiger partial charge in [-0.3, -0.25) is 13.7 Å². The number of benzene rings is 9. The van der Waals surface area contributed by atoms with Crippen LogP contribution in [0.4, 0.5) is 0 Å². The van der Waals surface area contributed by atoms with Gasteiger partial charge in [-0.2, -0.15) is 0 Å². The van der Waals surface area contributed by atoms with Gasteiger partial charge in [0.15, 0.2) is 0 Å². The zero-order valence-corrected chi connectivity index (χ0v) is 47.5. The molecule has 9 aromatic carbocycles. The minimum absolute atomic E-state index is 0.0553. The Morgan fingerprint density at radius 1 is 0.475 bits per heavy atom. The lowest BCUT2D eigenvalue weighted by Gasteiger charge is -2.27. The second kappa shape index (κ2) is 19.1. The van der Waals surface area contributed by atoms with E-state index in [9.17, 15) is 0 Å². The summed E-state index contributed by atoms with van der Waals surface area (Å²) in [5, 5.41) is 4.66. The molecule has 13 aromatic rings. The van der Waals surface area contributed by atoms with Crippen LogP contribution in [0.1, 0.15) is 91.8 Å². The molecule has 0 aliphatic rings. The zero-order valence-electron chi connectivity index (χ0n) is 47.5. The second-order valence-corrected chi connectivity index (χ2v) is 24.8. The third kappa shape index (κ3) is 8.75. The minimum Gasteiger partial charge on any atom is -0.458 e. The van der Waals surface area contributed by atoms with Gasteiger partial charge in [-0.15, -0.1) is 0 Å². The van der Waals surface area contributed by atoms with Gasteiger partial charge < -0.3 is 9.30 Å². The van der Waals surface area contributed by atoms with Gasteiger partial charge in [-0.05, 0) is 110 Å². The molecular formula is C74H67N5O. The number of pyridine rings is 1. The van der Waals surface area contributed by atoms with Crippen molar-refractivity contribution in [2.45, 2.75) is 86.0 Å². The van der Waals surface area contributed by atoms with Crippen LogP contribution in [0, 0.1) is 11.7 Å². The highest BCUT2D eigenvalue weighted by molar-refractivity contribution is 6.16. The van der Waals surface area contributed by atoms with Crippen LogP contribution in [-0.2, 0) is 10.8 Å². The van der Waals surface area contributed by atoms with Crippen LogP contribution in [0.5, 0.6) is 11.5 Å². The molecule has 0 fully saturated rings. The second-order valence-electron chi connectivity index (χ2n) is 24.8. The first-order valence-corrected chi connectivity index (χ1v) is 28.1. The summed E-state index contributed by atoms with van der Waals surface area (Å²) in [7, 11) is 0. The lowest BCUT2D eigenvalue weighted by molar-refractivity contribution is -0.571. The van der Waals surface area contributed by atoms with Crippen LogP contribution in [0.15, 0.2) is 219 Å². The number of ether oxygens (including phenoxy) is 1. The zero-order chi connectivity index (χ0) is 55.2. The fourth-order valence-electron chi connectivity index (χ4n) is 11.8. The predicted octanol–water partition coefficient (Wildman–Crippen LogP) is 19.2. The van der Waals surface area contributed by atoms with Gasteiger partial charge in [0.05, 0.1) is 50.2 Å². The van der Waals surface area contributed by atoms with Crippen molar-refractivity contribution in [3.05, 3.63) is 242 Å². The molecule has 0 spiro atoms. The summed E-state index contributed by atoms with van der Waals surface area (Å²) in [6.45, 7) is 23.1. The first kappa shape index (κ1) is 50.5. The number of aromatic nitrogens is 5. The molecule has 394 valence electrons. The molecule has 6 nitrogen and oxygen atoms in total. The fraction of sp³-hybridized carbons (Fsp3) is 0.189. The maximum atomic E-state index is 7.26. The van der Waals surface area contributed by atoms with Crippen LogP contribution in [0.3, 0.4) is 0 Å². The average Bonchev–Trinajstić information content (AvgIpc) is 4.25. The highest BCUT2D eigenvalue weighted by atomic mass is 16.5. The van der Waals surface area contributed by atoms with E-state index in [2.05, 4.69) is 306 Å². The van der Waals surface area contributed by atoms with Crippen molar-refractivity contribution >= 4 is 54.6 Å². The van der Waals surface area contributed by atoms with E-state index in [1.807, 2.05) is 6.20 Å². The van der Waals surface area contributed by atoms with Gasteiger partial charge in [-0.1, -0.05) is 221 Å². The number of nitrogens with zero attached hydrogens (tertiary/aromatic N) is 5. The van der Waals surface area contributed by atoms with E-state index in [0.29, 0.717) is 17.4 Å². The summed E-state index contributed by atoms with van der Waals surface area (Å²) >= 11 is 0. The molecule has 13 rings (SSSR count). The van der Waals surface area contributed by atoms with Gasteiger partial charge in [0.25, 0.3) is 6.33 Å². The highest BCUT2D eigenvalue weighted by Gasteiger charge is 2.27. The molecule has 6 heteroatoms. The number of imidazole rings is 1. The van der Waals surface area contributed by atoms with Crippen molar-refractivity contribution in [3.63, 3.8) is 0 Å². The van der Waals surface area contributed by atoms with E-state index < -0.39 is 0 Å². The molecule has 0 aliphatic carbocycles. The van der Waals surface area contributed by atoms with E-state index in [-0.39, 0.29) is 16.2 Å². The van der Waals surface area contributed by atoms with Gasteiger partial charge in [0.1, 0.15) is 17.3 Å². The smallest absolute Gasteiger partial charge is 0.269 e. The number of hydrogen-bond acceptors (Lipinski definition) is 2. The summed E-state index contributed by atoms with van der Waals surface area (Å²) in [5.41, 5.74) is 17.8. The van der Waals surface area contributed by atoms with Crippen LogP contribution in [0.25, 0.3) is 99.8 Å². The lowest BCUT2D eigenvalue weighted by atomic mass is 9.78. The Balaban J connectivity index is 1.01. The quantitative estimate of drug-likeness (QED) is 0.107. The maximum absolute atomic E-state index is 7.26.